The van der Waals surface area contributed by atoms with Crippen LogP contribution in [0.25, 0.3) is 0 Å². The molecule has 0 spiro atoms. The minimum atomic E-state index is -2.81. The van der Waals surface area contributed by atoms with Gasteiger partial charge in [-0.1, -0.05) is 0 Å². The zero-order valence-corrected chi connectivity index (χ0v) is 3.40. The van der Waals surface area contributed by atoms with Crippen molar-refractivity contribution in [2.45, 2.75) is 5.97 Å². The molecule has 0 aromatic heterocycles. The maximum absolute atomic E-state index is 7.97. The summed E-state index contributed by atoms with van der Waals surface area (Å²) in [5, 5.41) is 31.2. The minimum absolute atomic E-state index is 1.07. The third-order valence-corrected chi connectivity index (χ3v) is 0.352. The van der Waals surface area contributed by atoms with Crippen LogP contribution < -0.4 is 0 Å². The van der Waals surface area contributed by atoms with Crippen LogP contribution in [0.3, 0.4) is 0 Å². The molecule has 0 radical (unpaired) electrons. The van der Waals surface area contributed by atoms with Crippen molar-refractivity contribution in [2.75, 3.05) is 6.61 Å². The van der Waals surface area contributed by atoms with Gasteiger partial charge in [0.15, 0.2) is 0 Å². The Morgan fingerprint density at radius 1 is 1.43 bits per heavy atom. The van der Waals surface area contributed by atoms with Crippen molar-refractivity contribution in [1.82, 2.24) is 0 Å². The molecule has 0 aromatic carbocycles. The van der Waals surface area contributed by atoms with Gasteiger partial charge in [-0.15, -0.1) is 0 Å². The van der Waals surface area contributed by atoms with Crippen LogP contribution in [-0.2, 0) is 4.89 Å². The third-order valence-electron chi connectivity index (χ3n) is 0.352. The summed E-state index contributed by atoms with van der Waals surface area (Å²) in [5.41, 5.74) is 0. The second-order valence-electron chi connectivity index (χ2n) is 0.993. The van der Waals surface area contributed by atoms with Gasteiger partial charge in [-0.3, -0.25) is 0 Å². The minimum Gasteiger partial charge on any atom is -0.388 e. The maximum atomic E-state index is 7.97. The topological polar surface area (TPSA) is 90.2 Å². The summed E-state index contributed by atoms with van der Waals surface area (Å²) in [6.45, 7) is -1.07. The molecule has 0 saturated heterocycles. The highest BCUT2D eigenvalue weighted by atomic mass is 17.2. The smallest absolute Gasteiger partial charge is 0.330 e. The maximum Gasteiger partial charge on any atom is 0.330 e. The standard InChI is InChI=1S/C2H6O5/c3-1-2(4,5)7-6/h3-6H,1H2. The van der Waals surface area contributed by atoms with E-state index in [0.29, 0.717) is 0 Å². The molecule has 0 fully saturated rings. The van der Waals surface area contributed by atoms with Gasteiger partial charge in [0.25, 0.3) is 0 Å². The van der Waals surface area contributed by atoms with E-state index in [9.17, 15) is 0 Å². The largest absolute Gasteiger partial charge is 0.388 e. The second-order valence-corrected chi connectivity index (χ2v) is 0.993. The Balaban J connectivity index is 3.36. The molecule has 5 heteroatoms. The lowest BCUT2D eigenvalue weighted by Gasteiger charge is -2.11. The Bertz CT molecular complexity index is 44.0. The first-order chi connectivity index (χ1) is 3.12. The predicted molar refractivity (Wildman–Crippen MR) is 18.0 cm³/mol. The van der Waals surface area contributed by atoms with E-state index >= 15 is 0 Å². The van der Waals surface area contributed by atoms with Gasteiger partial charge in [-0.2, -0.15) is 4.89 Å². The van der Waals surface area contributed by atoms with Crippen LogP contribution in [-0.4, -0.2) is 33.2 Å². The van der Waals surface area contributed by atoms with Gasteiger partial charge in [0.1, 0.15) is 6.61 Å². The lowest BCUT2D eigenvalue weighted by Crippen LogP contribution is -2.34. The zero-order chi connectivity index (χ0) is 5.91. The van der Waals surface area contributed by atoms with Crippen LogP contribution in [0.1, 0.15) is 0 Å². The first-order valence-corrected chi connectivity index (χ1v) is 1.50. The average molecular weight is 110 g/mol. The lowest BCUT2D eigenvalue weighted by atomic mass is 10.6. The molecule has 0 unspecified atom stereocenters. The second kappa shape index (κ2) is 2.20. The van der Waals surface area contributed by atoms with E-state index in [4.69, 9.17) is 20.6 Å². The highest BCUT2D eigenvalue weighted by Gasteiger charge is 2.21. The van der Waals surface area contributed by atoms with Crippen LogP contribution in [0, 0.1) is 0 Å². The highest BCUT2D eigenvalue weighted by Crippen LogP contribution is 1.94. The molecule has 0 aliphatic carbocycles. The fourth-order valence-electron chi connectivity index (χ4n) is 0.0289. The van der Waals surface area contributed by atoms with Crippen molar-refractivity contribution < 1.29 is 25.5 Å². The van der Waals surface area contributed by atoms with E-state index in [-0.39, 0.29) is 0 Å². The summed E-state index contributed by atoms with van der Waals surface area (Å²) in [4.78, 5) is 2.95. The predicted octanol–water partition coefficient (Wildman–Crippen LogP) is -1.89. The summed E-state index contributed by atoms with van der Waals surface area (Å²) >= 11 is 0. The Morgan fingerprint density at radius 3 is 1.86 bits per heavy atom. The van der Waals surface area contributed by atoms with E-state index in [1.54, 1.807) is 0 Å². The number of aliphatic hydroxyl groups is 3. The van der Waals surface area contributed by atoms with Crippen LogP contribution in [0.4, 0.5) is 0 Å². The third kappa shape index (κ3) is 2.49. The van der Waals surface area contributed by atoms with Gasteiger partial charge in [-0.05, 0) is 0 Å². The van der Waals surface area contributed by atoms with Crippen LogP contribution in [0.2, 0.25) is 0 Å². The summed E-state index contributed by atoms with van der Waals surface area (Å²) in [6, 6.07) is 0. The molecule has 0 aromatic rings. The molecule has 0 saturated carbocycles. The molecule has 0 aliphatic heterocycles. The fourth-order valence-corrected chi connectivity index (χ4v) is 0.0289. The average Bonchev–Trinajstić information content (AvgIpc) is 1.68. The molecule has 0 aliphatic rings. The van der Waals surface area contributed by atoms with Crippen molar-refractivity contribution >= 4 is 0 Å². The molecule has 0 heterocycles. The molecule has 5 nitrogen and oxygen atoms in total. The zero-order valence-electron chi connectivity index (χ0n) is 3.40. The molecule has 4 N–H and O–H groups in total. The van der Waals surface area contributed by atoms with Gasteiger partial charge in [-0.25, -0.2) is 5.26 Å². The quantitative estimate of drug-likeness (QED) is 0.189. The van der Waals surface area contributed by atoms with Gasteiger partial charge >= 0.3 is 5.97 Å². The number of hydrogen-bond donors (Lipinski definition) is 4. The molecule has 0 atom stereocenters. The van der Waals surface area contributed by atoms with Gasteiger partial charge in [0, 0.05) is 0 Å². The fraction of sp³-hybridized carbons (Fsp3) is 1.00. The van der Waals surface area contributed by atoms with E-state index in [2.05, 4.69) is 4.89 Å². The van der Waals surface area contributed by atoms with Gasteiger partial charge in [0.2, 0.25) is 0 Å². The Kier molecular flexibility index (Phi) is 2.13. The van der Waals surface area contributed by atoms with Crippen LogP contribution >= 0.6 is 0 Å². The first kappa shape index (κ1) is 6.80. The summed E-state index contributed by atoms with van der Waals surface area (Å²) < 4.78 is 0. The Morgan fingerprint density at radius 2 is 1.86 bits per heavy atom. The number of rotatable bonds is 2. The molecule has 0 rings (SSSR count). The Labute approximate surface area is 39.3 Å². The van der Waals surface area contributed by atoms with E-state index < -0.39 is 12.6 Å². The highest BCUT2D eigenvalue weighted by molar-refractivity contribution is 4.38. The SMILES string of the molecule is OCC(O)(O)OO. The molecule has 0 amide bonds. The number of hydrogen-bond acceptors (Lipinski definition) is 5. The van der Waals surface area contributed by atoms with Gasteiger partial charge in [0.05, 0.1) is 0 Å². The van der Waals surface area contributed by atoms with Crippen LogP contribution in [0.5, 0.6) is 0 Å². The van der Waals surface area contributed by atoms with Crippen molar-refractivity contribution in [2.24, 2.45) is 0 Å². The summed E-state index contributed by atoms with van der Waals surface area (Å²) in [6.07, 6.45) is 0. The van der Waals surface area contributed by atoms with Crippen LogP contribution in [0.15, 0.2) is 0 Å². The Hall–Kier alpha value is -0.200. The van der Waals surface area contributed by atoms with E-state index in [1.165, 1.54) is 0 Å². The summed E-state index contributed by atoms with van der Waals surface area (Å²) in [7, 11) is 0. The summed E-state index contributed by atoms with van der Waals surface area (Å²) in [5.74, 6) is -2.81. The first-order valence-electron chi connectivity index (χ1n) is 1.50. The van der Waals surface area contributed by atoms with Crippen molar-refractivity contribution in [3.05, 3.63) is 0 Å². The molecule has 7 heavy (non-hydrogen) atoms. The number of aliphatic hydroxyl groups excluding tert-OH is 1. The van der Waals surface area contributed by atoms with Crippen molar-refractivity contribution in [1.29, 1.82) is 0 Å². The molecular weight excluding hydrogens is 104 g/mol. The molecule has 0 bridgehead atoms. The van der Waals surface area contributed by atoms with Gasteiger partial charge < -0.3 is 15.3 Å². The van der Waals surface area contributed by atoms with Crippen molar-refractivity contribution in [3.63, 3.8) is 0 Å². The lowest BCUT2D eigenvalue weighted by molar-refractivity contribution is -0.475. The van der Waals surface area contributed by atoms with E-state index in [1.807, 2.05) is 0 Å². The molecular formula is C2H6O5. The van der Waals surface area contributed by atoms with Crippen molar-refractivity contribution in [3.8, 4) is 0 Å². The van der Waals surface area contributed by atoms with E-state index in [0.717, 1.165) is 0 Å². The normalized spacial score (nSPS) is 12.0. The monoisotopic (exact) mass is 110 g/mol. The molecule has 44 valence electrons.